The summed E-state index contributed by atoms with van der Waals surface area (Å²) in [5.74, 6) is 1.44. The van der Waals surface area contributed by atoms with Crippen LogP contribution in [0, 0.1) is 11.8 Å². The minimum Gasteiger partial charge on any atom is -0.319 e. The van der Waals surface area contributed by atoms with Crippen molar-refractivity contribution in [2.75, 3.05) is 13.6 Å². The van der Waals surface area contributed by atoms with E-state index in [4.69, 9.17) is 0 Å². The Balaban J connectivity index is 2.45. The summed E-state index contributed by atoms with van der Waals surface area (Å²) in [4.78, 5) is 11.5. The largest absolute Gasteiger partial charge is 0.319 e. The van der Waals surface area contributed by atoms with Gasteiger partial charge in [0.25, 0.3) is 0 Å². The summed E-state index contributed by atoms with van der Waals surface area (Å²) in [6.45, 7) is 2.98. The fraction of sp³-hybridized carbons (Fsp3) is 0.900. The molecule has 0 bridgehead atoms. The molecule has 1 saturated carbocycles. The summed E-state index contributed by atoms with van der Waals surface area (Å²) < 4.78 is 0. The predicted molar refractivity (Wildman–Crippen MR) is 50.1 cm³/mol. The van der Waals surface area contributed by atoms with Gasteiger partial charge in [0, 0.05) is 12.3 Å². The average molecular weight is 169 g/mol. The van der Waals surface area contributed by atoms with Crippen LogP contribution in [0.1, 0.15) is 32.6 Å². The SMILES string of the molecule is CCC(=O)C1CCCC1CNC. The summed E-state index contributed by atoms with van der Waals surface area (Å²) in [6, 6.07) is 0. The molecule has 0 radical (unpaired) electrons. The molecule has 2 atom stereocenters. The zero-order valence-electron chi connectivity index (χ0n) is 8.10. The molecule has 1 N–H and O–H groups in total. The lowest BCUT2D eigenvalue weighted by Gasteiger charge is -2.16. The molecule has 0 saturated heterocycles. The number of carbonyl (C=O) groups is 1. The smallest absolute Gasteiger partial charge is 0.136 e. The minimum atomic E-state index is 0.363. The third kappa shape index (κ3) is 2.07. The van der Waals surface area contributed by atoms with E-state index in [-0.39, 0.29) is 0 Å². The van der Waals surface area contributed by atoms with Crippen LogP contribution in [-0.2, 0) is 4.79 Å². The molecule has 0 aromatic heterocycles. The second-order valence-electron chi connectivity index (χ2n) is 3.68. The number of hydrogen-bond acceptors (Lipinski definition) is 2. The number of rotatable bonds is 4. The first-order valence-corrected chi connectivity index (χ1v) is 4.97. The Morgan fingerprint density at radius 3 is 2.83 bits per heavy atom. The van der Waals surface area contributed by atoms with Crippen molar-refractivity contribution < 1.29 is 4.79 Å². The van der Waals surface area contributed by atoms with Crippen LogP contribution in [0.25, 0.3) is 0 Å². The maximum Gasteiger partial charge on any atom is 0.136 e. The minimum absolute atomic E-state index is 0.363. The van der Waals surface area contributed by atoms with Crippen LogP contribution in [0.4, 0.5) is 0 Å². The topological polar surface area (TPSA) is 29.1 Å². The number of hydrogen-bond donors (Lipinski definition) is 1. The van der Waals surface area contributed by atoms with Crippen molar-refractivity contribution in [3.8, 4) is 0 Å². The monoisotopic (exact) mass is 169 g/mol. The lowest BCUT2D eigenvalue weighted by Crippen LogP contribution is -2.26. The van der Waals surface area contributed by atoms with Crippen LogP contribution in [0.15, 0.2) is 0 Å². The van der Waals surface area contributed by atoms with Gasteiger partial charge in [0.05, 0.1) is 0 Å². The number of ketones is 1. The molecule has 1 fully saturated rings. The highest BCUT2D eigenvalue weighted by Gasteiger charge is 2.30. The maximum absolute atomic E-state index is 11.5. The summed E-state index contributed by atoms with van der Waals surface area (Å²) in [7, 11) is 1.96. The first kappa shape index (κ1) is 9.72. The van der Waals surface area contributed by atoms with Crippen molar-refractivity contribution in [3.63, 3.8) is 0 Å². The van der Waals surface area contributed by atoms with E-state index in [0.717, 1.165) is 13.0 Å². The summed E-state index contributed by atoms with van der Waals surface area (Å²) in [6.07, 6.45) is 4.31. The summed E-state index contributed by atoms with van der Waals surface area (Å²) in [5.41, 5.74) is 0. The Kier molecular flexibility index (Phi) is 3.73. The zero-order valence-corrected chi connectivity index (χ0v) is 8.10. The van der Waals surface area contributed by atoms with Gasteiger partial charge in [-0.3, -0.25) is 4.79 Å². The van der Waals surface area contributed by atoms with Gasteiger partial charge < -0.3 is 5.32 Å². The van der Waals surface area contributed by atoms with Crippen LogP contribution in [0.5, 0.6) is 0 Å². The van der Waals surface area contributed by atoms with Crippen LogP contribution in [-0.4, -0.2) is 19.4 Å². The van der Waals surface area contributed by atoms with Crippen LogP contribution >= 0.6 is 0 Å². The fourth-order valence-electron chi connectivity index (χ4n) is 2.23. The summed E-state index contributed by atoms with van der Waals surface area (Å²) >= 11 is 0. The van der Waals surface area contributed by atoms with Gasteiger partial charge in [0.1, 0.15) is 5.78 Å². The van der Waals surface area contributed by atoms with Crippen molar-refractivity contribution in [2.24, 2.45) is 11.8 Å². The van der Waals surface area contributed by atoms with Crippen molar-refractivity contribution >= 4 is 5.78 Å². The third-order valence-electron chi connectivity index (χ3n) is 2.89. The van der Waals surface area contributed by atoms with Crippen LogP contribution < -0.4 is 5.32 Å². The van der Waals surface area contributed by atoms with E-state index in [1.54, 1.807) is 0 Å². The van der Waals surface area contributed by atoms with Gasteiger partial charge >= 0.3 is 0 Å². The number of carbonyl (C=O) groups excluding carboxylic acids is 1. The highest BCUT2D eigenvalue weighted by atomic mass is 16.1. The molecule has 1 aliphatic rings. The Hall–Kier alpha value is -0.370. The van der Waals surface area contributed by atoms with Crippen LogP contribution in [0.2, 0.25) is 0 Å². The molecular formula is C10H19NO. The molecule has 0 aliphatic heterocycles. The van der Waals surface area contributed by atoms with E-state index in [2.05, 4.69) is 5.32 Å². The van der Waals surface area contributed by atoms with Gasteiger partial charge in [-0.25, -0.2) is 0 Å². The molecule has 1 rings (SSSR count). The van der Waals surface area contributed by atoms with Crippen molar-refractivity contribution in [1.82, 2.24) is 5.32 Å². The zero-order chi connectivity index (χ0) is 8.97. The average Bonchev–Trinajstić information content (AvgIpc) is 2.52. The standard InChI is InChI=1S/C10H19NO/c1-3-10(12)9-6-4-5-8(9)7-11-2/h8-9,11H,3-7H2,1-2H3. The van der Waals surface area contributed by atoms with Crippen molar-refractivity contribution in [1.29, 1.82) is 0 Å². The highest BCUT2D eigenvalue weighted by molar-refractivity contribution is 5.81. The van der Waals surface area contributed by atoms with Crippen molar-refractivity contribution in [3.05, 3.63) is 0 Å². The normalized spacial score (nSPS) is 29.2. The van der Waals surface area contributed by atoms with Gasteiger partial charge in [0.15, 0.2) is 0 Å². The van der Waals surface area contributed by atoms with E-state index in [9.17, 15) is 4.79 Å². The molecule has 2 heteroatoms. The van der Waals surface area contributed by atoms with Gasteiger partial charge in [-0.15, -0.1) is 0 Å². The quantitative estimate of drug-likeness (QED) is 0.692. The fourth-order valence-corrected chi connectivity index (χ4v) is 2.23. The molecule has 2 unspecified atom stereocenters. The van der Waals surface area contributed by atoms with E-state index in [1.807, 2.05) is 14.0 Å². The first-order valence-electron chi connectivity index (χ1n) is 4.97. The third-order valence-corrected chi connectivity index (χ3v) is 2.89. The second kappa shape index (κ2) is 4.61. The molecule has 0 spiro atoms. The lowest BCUT2D eigenvalue weighted by atomic mass is 9.91. The van der Waals surface area contributed by atoms with E-state index in [0.29, 0.717) is 24.0 Å². The molecular weight excluding hydrogens is 150 g/mol. The molecule has 0 amide bonds. The molecule has 12 heavy (non-hydrogen) atoms. The molecule has 0 aromatic rings. The van der Waals surface area contributed by atoms with E-state index < -0.39 is 0 Å². The van der Waals surface area contributed by atoms with Gasteiger partial charge in [-0.1, -0.05) is 13.3 Å². The molecule has 2 nitrogen and oxygen atoms in total. The van der Waals surface area contributed by atoms with Gasteiger partial charge in [0.2, 0.25) is 0 Å². The van der Waals surface area contributed by atoms with E-state index >= 15 is 0 Å². The van der Waals surface area contributed by atoms with E-state index in [1.165, 1.54) is 12.8 Å². The van der Waals surface area contributed by atoms with Gasteiger partial charge in [-0.05, 0) is 32.4 Å². The highest BCUT2D eigenvalue weighted by Crippen LogP contribution is 2.32. The second-order valence-corrected chi connectivity index (χ2v) is 3.68. The Bertz CT molecular complexity index is 156. The molecule has 70 valence electrons. The first-order chi connectivity index (χ1) is 5.79. The molecule has 1 aliphatic carbocycles. The predicted octanol–water partition coefficient (Wildman–Crippen LogP) is 1.60. The Labute approximate surface area is 74.7 Å². The number of Topliss-reactive ketones (excluding diaryl/α,β-unsaturated/α-hetero) is 1. The van der Waals surface area contributed by atoms with Crippen molar-refractivity contribution in [2.45, 2.75) is 32.6 Å². The molecule has 0 aromatic carbocycles. The summed E-state index contributed by atoms with van der Waals surface area (Å²) in [5, 5.41) is 3.17. The maximum atomic E-state index is 11.5. The van der Waals surface area contributed by atoms with Crippen LogP contribution in [0.3, 0.4) is 0 Å². The Morgan fingerprint density at radius 2 is 2.25 bits per heavy atom. The van der Waals surface area contributed by atoms with Gasteiger partial charge in [-0.2, -0.15) is 0 Å². The number of nitrogens with one attached hydrogen (secondary N) is 1. The Morgan fingerprint density at radius 1 is 1.50 bits per heavy atom. The lowest BCUT2D eigenvalue weighted by molar-refractivity contribution is -0.123. The molecule has 0 heterocycles.